The molecule has 0 aliphatic carbocycles. The number of hydrogen-bond donors (Lipinski definition) is 2. The van der Waals surface area contributed by atoms with Gasteiger partial charge in [-0.1, -0.05) is 30.7 Å². The molecule has 1 saturated heterocycles. The first kappa shape index (κ1) is 24.7. The van der Waals surface area contributed by atoms with Crippen molar-refractivity contribution in [2.75, 3.05) is 38.2 Å². The molecule has 184 valence electrons. The number of fused-ring (bicyclic) bond motifs is 1. The minimum absolute atomic E-state index is 0.0826. The van der Waals surface area contributed by atoms with Crippen molar-refractivity contribution in [1.82, 2.24) is 25.1 Å². The van der Waals surface area contributed by atoms with Crippen molar-refractivity contribution in [1.29, 1.82) is 0 Å². The zero-order chi connectivity index (χ0) is 24.1. The van der Waals surface area contributed by atoms with Crippen LogP contribution in [-0.4, -0.2) is 64.7 Å². The van der Waals surface area contributed by atoms with Gasteiger partial charge in [-0.3, -0.25) is 4.90 Å². The van der Waals surface area contributed by atoms with Crippen LogP contribution in [0.4, 0.5) is 10.7 Å². The molecule has 2 N–H and O–H groups in total. The number of amides is 2. The topological polar surface area (TPSA) is 82.6 Å². The maximum absolute atomic E-state index is 13.1. The molecule has 9 heteroatoms. The fraction of sp³-hybridized carbons (Fsp3) is 0.560. The summed E-state index contributed by atoms with van der Waals surface area (Å²) >= 11 is 6.11. The summed E-state index contributed by atoms with van der Waals surface area (Å²) in [5, 5.41) is 7.26. The lowest BCUT2D eigenvalue weighted by atomic mass is 9.97. The van der Waals surface area contributed by atoms with Gasteiger partial charge in [-0.05, 0) is 50.9 Å². The van der Waals surface area contributed by atoms with Gasteiger partial charge in [0.2, 0.25) is 5.95 Å². The van der Waals surface area contributed by atoms with E-state index in [2.05, 4.69) is 33.5 Å². The molecule has 4 rings (SSSR count). The van der Waals surface area contributed by atoms with Crippen molar-refractivity contribution in [2.45, 2.75) is 58.3 Å². The SMILES string of the molecule is CCN(CCNC(=O)N1Cc2nc(NC3CCOCC3)ncc2C1(C)C)Cc1cccc(Cl)c1. The van der Waals surface area contributed by atoms with Gasteiger partial charge in [-0.25, -0.2) is 14.8 Å². The number of urea groups is 1. The normalized spacial score (nSPS) is 17.6. The lowest BCUT2D eigenvalue weighted by molar-refractivity contribution is 0.0903. The average Bonchev–Trinajstić information content (AvgIpc) is 3.09. The number of carbonyl (C=O) groups excluding carboxylic acids is 1. The molecule has 0 radical (unpaired) electrons. The number of anilines is 1. The third-order valence-electron chi connectivity index (χ3n) is 6.76. The van der Waals surface area contributed by atoms with E-state index in [1.165, 1.54) is 5.56 Å². The lowest BCUT2D eigenvalue weighted by Crippen LogP contribution is -2.47. The summed E-state index contributed by atoms with van der Waals surface area (Å²) in [5.41, 5.74) is 2.60. The van der Waals surface area contributed by atoms with Gasteiger partial charge in [0.1, 0.15) is 0 Å². The molecular weight excluding hydrogens is 452 g/mol. The van der Waals surface area contributed by atoms with Gasteiger partial charge in [0.15, 0.2) is 0 Å². The van der Waals surface area contributed by atoms with Crippen LogP contribution in [0.1, 0.15) is 50.4 Å². The first-order chi connectivity index (χ1) is 16.4. The van der Waals surface area contributed by atoms with Gasteiger partial charge in [0, 0.05) is 55.7 Å². The second kappa shape index (κ2) is 10.9. The van der Waals surface area contributed by atoms with E-state index in [4.69, 9.17) is 21.3 Å². The molecule has 34 heavy (non-hydrogen) atoms. The molecule has 0 spiro atoms. The predicted octanol–water partition coefficient (Wildman–Crippen LogP) is 4.00. The lowest BCUT2D eigenvalue weighted by Gasteiger charge is -2.32. The Labute approximate surface area is 207 Å². The van der Waals surface area contributed by atoms with Crippen LogP contribution in [0.15, 0.2) is 30.5 Å². The van der Waals surface area contributed by atoms with Crippen LogP contribution in [0.25, 0.3) is 0 Å². The molecule has 0 atom stereocenters. The fourth-order valence-electron chi connectivity index (χ4n) is 4.62. The smallest absolute Gasteiger partial charge is 0.318 e. The Balaban J connectivity index is 1.32. The first-order valence-electron chi connectivity index (χ1n) is 12.1. The number of aromatic nitrogens is 2. The van der Waals surface area contributed by atoms with Crippen molar-refractivity contribution in [3.8, 4) is 0 Å². The number of carbonyl (C=O) groups is 1. The Kier molecular flexibility index (Phi) is 7.91. The molecule has 1 aromatic heterocycles. The highest BCUT2D eigenvalue weighted by Gasteiger charge is 2.41. The number of nitrogens with one attached hydrogen (secondary N) is 2. The Morgan fingerprint density at radius 3 is 2.85 bits per heavy atom. The van der Waals surface area contributed by atoms with Crippen molar-refractivity contribution < 1.29 is 9.53 Å². The van der Waals surface area contributed by atoms with E-state index in [0.717, 1.165) is 62.0 Å². The first-order valence-corrected chi connectivity index (χ1v) is 12.5. The average molecular weight is 487 g/mol. The number of halogens is 1. The summed E-state index contributed by atoms with van der Waals surface area (Å²) in [5.74, 6) is 0.628. The zero-order valence-electron chi connectivity index (χ0n) is 20.3. The van der Waals surface area contributed by atoms with E-state index in [1.807, 2.05) is 43.1 Å². The van der Waals surface area contributed by atoms with E-state index >= 15 is 0 Å². The highest BCUT2D eigenvalue weighted by Crippen LogP contribution is 2.37. The quantitative estimate of drug-likeness (QED) is 0.586. The van der Waals surface area contributed by atoms with Crippen molar-refractivity contribution in [3.63, 3.8) is 0 Å². The molecular formula is C25H35ClN6O2. The van der Waals surface area contributed by atoms with Crippen LogP contribution in [0.5, 0.6) is 0 Å². The molecule has 0 bridgehead atoms. The molecule has 0 saturated carbocycles. The molecule has 2 aliphatic heterocycles. The Morgan fingerprint density at radius 2 is 2.12 bits per heavy atom. The summed E-state index contributed by atoms with van der Waals surface area (Å²) < 4.78 is 5.43. The Hall–Kier alpha value is -2.42. The monoisotopic (exact) mass is 486 g/mol. The van der Waals surface area contributed by atoms with Gasteiger partial charge in [-0.15, -0.1) is 0 Å². The van der Waals surface area contributed by atoms with E-state index in [1.54, 1.807) is 0 Å². The van der Waals surface area contributed by atoms with Crippen LogP contribution in [-0.2, 0) is 23.4 Å². The summed E-state index contributed by atoms with van der Waals surface area (Å²) in [4.78, 5) is 26.5. The van der Waals surface area contributed by atoms with Crippen LogP contribution in [0.3, 0.4) is 0 Å². The maximum Gasteiger partial charge on any atom is 0.318 e. The maximum atomic E-state index is 13.1. The molecule has 2 amide bonds. The van der Waals surface area contributed by atoms with Crippen LogP contribution in [0, 0.1) is 0 Å². The fourth-order valence-corrected chi connectivity index (χ4v) is 4.83. The minimum Gasteiger partial charge on any atom is -0.381 e. The Bertz CT molecular complexity index is 995. The van der Waals surface area contributed by atoms with Gasteiger partial charge in [0.05, 0.1) is 17.8 Å². The second-order valence-electron chi connectivity index (χ2n) is 9.46. The van der Waals surface area contributed by atoms with Gasteiger partial charge in [-0.2, -0.15) is 0 Å². The molecule has 2 aliphatic rings. The van der Waals surface area contributed by atoms with Crippen molar-refractivity contribution in [3.05, 3.63) is 52.3 Å². The van der Waals surface area contributed by atoms with E-state index < -0.39 is 5.54 Å². The van der Waals surface area contributed by atoms with E-state index in [-0.39, 0.29) is 6.03 Å². The molecule has 0 unspecified atom stereocenters. The van der Waals surface area contributed by atoms with E-state index in [9.17, 15) is 4.79 Å². The van der Waals surface area contributed by atoms with Crippen molar-refractivity contribution in [2.24, 2.45) is 0 Å². The highest BCUT2D eigenvalue weighted by atomic mass is 35.5. The minimum atomic E-state index is -0.470. The standard InChI is InChI=1S/C25H35ClN6O2/c1-4-31(16-18-6-5-7-19(26)14-18)11-10-27-24(33)32-17-22-21(25(32,2)3)15-28-23(30-22)29-20-8-12-34-13-9-20/h5-7,14-15,20H,4,8-13,16-17H2,1-3H3,(H,27,33)(H,28,29,30). The summed E-state index contributed by atoms with van der Waals surface area (Å²) in [7, 11) is 0. The molecule has 8 nitrogen and oxygen atoms in total. The van der Waals surface area contributed by atoms with Gasteiger partial charge < -0.3 is 20.3 Å². The Morgan fingerprint density at radius 1 is 1.32 bits per heavy atom. The van der Waals surface area contributed by atoms with E-state index in [0.29, 0.717) is 25.1 Å². The molecule has 1 aromatic carbocycles. The second-order valence-corrected chi connectivity index (χ2v) is 9.90. The highest BCUT2D eigenvalue weighted by molar-refractivity contribution is 6.30. The summed E-state index contributed by atoms with van der Waals surface area (Å²) in [6.45, 7) is 11.2. The number of ether oxygens (including phenoxy) is 1. The number of hydrogen-bond acceptors (Lipinski definition) is 6. The number of likely N-dealkylation sites (N-methyl/N-ethyl adjacent to an activating group) is 1. The molecule has 1 fully saturated rings. The summed E-state index contributed by atoms with van der Waals surface area (Å²) in [6, 6.07) is 8.15. The number of rotatable bonds is 8. The number of nitrogens with zero attached hydrogens (tertiary/aromatic N) is 4. The number of benzene rings is 1. The van der Waals surface area contributed by atoms with Gasteiger partial charge in [0.25, 0.3) is 0 Å². The molecule has 2 aromatic rings. The molecule has 3 heterocycles. The largest absolute Gasteiger partial charge is 0.381 e. The van der Waals surface area contributed by atoms with Crippen LogP contribution < -0.4 is 10.6 Å². The zero-order valence-corrected chi connectivity index (χ0v) is 21.1. The van der Waals surface area contributed by atoms with Crippen LogP contribution in [0.2, 0.25) is 5.02 Å². The third kappa shape index (κ3) is 5.79. The van der Waals surface area contributed by atoms with Crippen LogP contribution >= 0.6 is 11.6 Å². The predicted molar refractivity (Wildman–Crippen MR) is 134 cm³/mol. The summed E-state index contributed by atoms with van der Waals surface area (Å²) in [6.07, 6.45) is 3.76. The van der Waals surface area contributed by atoms with Crippen molar-refractivity contribution >= 4 is 23.6 Å². The van der Waals surface area contributed by atoms with Gasteiger partial charge >= 0.3 is 6.03 Å². The third-order valence-corrected chi connectivity index (χ3v) is 6.99.